The van der Waals surface area contributed by atoms with Crippen LogP contribution < -0.4 is 10.1 Å². The number of carbonyl (C=O) groups excluding carboxylic acids is 2. The second-order valence-electron chi connectivity index (χ2n) is 9.03. The maximum Gasteiger partial charge on any atom is 0.261 e. The molecule has 0 fully saturated rings. The molecule has 35 heavy (non-hydrogen) atoms. The lowest BCUT2D eigenvalue weighted by Crippen LogP contribution is -2.53. The standard InChI is InChI=1S/C30H36N2O3/c1-5-24(4)31-30(34)27(19-25-15-7-6-8-16-25)32(20-26-17-11-9-13-22(26)2)29(33)21-35-28-18-12-10-14-23(28)3/h6-18,24,27H,5,19-21H2,1-4H3,(H,31,34)/t24-,27-/m1/s1. The SMILES string of the molecule is CC[C@@H](C)NC(=O)[C@@H](Cc1ccccc1)N(Cc1ccccc1C)C(=O)COc1ccccc1C. The Balaban J connectivity index is 1.93. The van der Waals surface area contributed by atoms with Crippen LogP contribution in [-0.2, 0) is 22.6 Å². The lowest BCUT2D eigenvalue weighted by molar-refractivity contribution is -0.143. The summed E-state index contributed by atoms with van der Waals surface area (Å²) in [6, 6.07) is 24.8. The minimum atomic E-state index is -0.668. The van der Waals surface area contributed by atoms with E-state index in [1.54, 1.807) is 4.90 Å². The maximum absolute atomic E-state index is 13.7. The molecule has 0 saturated carbocycles. The van der Waals surface area contributed by atoms with Crippen molar-refractivity contribution >= 4 is 11.8 Å². The van der Waals surface area contributed by atoms with Gasteiger partial charge in [-0.3, -0.25) is 9.59 Å². The van der Waals surface area contributed by atoms with Crippen molar-refractivity contribution in [3.8, 4) is 5.75 Å². The number of nitrogens with one attached hydrogen (secondary N) is 1. The van der Waals surface area contributed by atoms with Crippen molar-refractivity contribution in [2.45, 2.75) is 59.2 Å². The Hall–Kier alpha value is -3.60. The predicted octanol–water partition coefficient (Wildman–Crippen LogP) is 5.24. The summed E-state index contributed by atoms with van der Waals surface area (Å²) in [5.41, 5.74) is 4.04. The first-order valence-electron chi connectivity index (χ1n) is 12.3. The summed E-state index contributed by atoms with van der Waals surface area (Å²) >= 11 is 0. The molecular formula is C30H36N2O3. The Kier molecular flexibility index (Phi) is 9.47. The number of para-hydroxylation sites is 1. The van der Waals surface area contributed by atoms with E-state index in [1.165, 1.54) is 0 Å². The number of nitrogens with zero attached hydrogens (tertiary/aromatic N) is 1. The summed E-state index contributed by atoms with van der Waals surface area (Å²) in [6.45, 7) is 8.17. The van der Waals surface area contributed by atoms with Gasteiger partial charge < -0.3 is 15.0 Å². The smallest absolute Gasteiger partial charge is 0.261 e. The number of rotatable bonds is 11. The monoisotopic (exact) mass is 472 g/mol. The van der Waals surface area contributed by atoms with Gasteiger partial charge in [0.2, 0.25) is 5.91 Å². The molecule has 2 atom stereocenters. The van der Waals surface area contributed by atoms with E-state index in [0.29, 0.717) is 18.7 Å². The molecule has 0 aliphatic rings. The van der Waals surface area contributed by atoms with Crippen molar-refractivity contribution in [2.24, 2.45) is 0 Å². The highest BCUT2D eigenvalue weighted by atomic mass is 16.5. The fourth-order valence-corrected chi connectivity index (χ4v) is 3.91. The van der Waals surface area contributed by atoms with E-state index in [2.05, 4.69) is 5.32 Å². The van der Waals surface area contributed by atoms with Crippen molar-refractivity contribution in [2.75, 3.05) is 6.61 Å². The van der Waals surface area contributed by atoms with Crippen LogP contribution in [0.4, 0.5) is 0 Å². The van der Waals surface area contributed by atoms with Crippen LogP contribution in [0.1, 0.15) is 42.5 Å². The summed E-state index contributed by atoms with van der Waals surface area (Å²) < 4.78 is 5.91. The molecule has 3 aromatic carbocycles. The Morgan fingerprint density at radius 1 is 0.886 bits per heavy atom. The van der Waals surface area contributed by atoms with Crippen LogP contribution in [0.5, 0.6) is 5.75 Å². The van der Waals surface area contributed by atoms with Crippen LogP contribution in [0.15, 0.2) is 78.9 Å². The normalized spacial score (nSPS) is 12.5. The quantitative estimate of drug-likeness (QED) is 0.415. The minimum Gasteiger partial charge on any atom is -0.484 e. The zero-order valence-corrected chi connectivity index (χ0v) is 21.2. The molecule has 0 bridgehead atoms. The third-order valence-electron chi connectivity index (χ3n) is 6.32. The van der Waals surface area contributed by atoms with Gasteiger partial charge >= 0.3 is 0 Å². The first-order chi connectivity index (χ1) is 16.9. The summed E-state index contributed by atoms with van der Waals surface area (Å²) in [5.74, 6) is 0.290. The lowest BCUT2D eigenvalue weighted by Gasteiger charge is -2.32. The molecule has 1 N–H and O–H groups in total. The van der Waals surface area contributed by atoms with Crippen molar-refractivity contribution in [1.29, 1.82) is 0 Å². The van der Waals surface area contributed by atoms with E-state index < -0.39 is 6.04 Å². The Labute approximate surface area is 209 Å². The number of hydrogen-bond acceptors (Lipinski definition) is 3. The highest BCUT2D eigenvalue weighted by molar-refractivity contribution is 5.88. The van der Waals surface area contributed by atoms with Crippen LogP contribution in [0, 0.1) is 13.8 Å². The van der Waals surface area contributed by atoms with Crippen LogP contribution in [-0.4, -0.2) is 35.4 Å². The van der Waals surface area contributed by atoms with Gasteiger partial charge in [-0.2, -0.15) is 0 Å². The summed E-state index contributed by atoms with van der Waals surface area (Å²) in [6.07, 6.45) is 1.23. The van der Waals surface area contributed by atoms with Gasteiger partial charge in [0, 0.05) is 19.0 Å². The fraction of sp³-hybridized carbons (Fsp3) is 0.333. The van der Waals surface area contributed by atoms with Crippen molar-refractivity contribution < 1.29 is 14.3 Å². The van der Waals surface area contributed by atoms with Gasteiger partial charge in [0.05, 0.1) is 0 Å². The molecule has 0 radical (unpaired) electrons. The van der Waals surface area contributed by atoms with Gasteiger partial charge in [0.15, 0.2) is 6.61 Å². The zero-order chi connectivity index (χ0) is 25.2. The van der Waals surface area contributed by atoms with E-state index in [0.717, 1.165) is 28.7 Å². The molecule has 2 amide bonds. The number of hydrogen-bond donors (Lipinski definition) is 1. The first-order valence-corrected chi connectivity index (χ1v) is 12.3. The Morgan fingerprint density at radius 3 is 2.17 bits per heavy atom. The Morgan fingerprint density at radius 2 is 1.51 bits per heavy atom. The average Bonchev–Trinajstić information content (AvgIpc) is 2.87. The second kappa shape index (κ2) is 12.7. The third kappa shape index (κ3) is 7.44. The predicted molar refractivity (Wildman–Crippen MR) is 140 cm³/mol. The number of carbonyl (C=O) groups is 2. The van der Waals surface area contributed by atoms with E-state index >= 15 is 0 Å². The molecule has 0 aliphatic carbocycles. The first kappa shape index (κ1) is 26.0. The molecule has 0 unspecified atom stereocenters. The van der Waals surface area contributed by atoms with Crippen LogP contribution >= 0.6 is 0 Å². The van der Waals surface area contributed by atoms with Gasteiger partial charge in [0.25, 0.3) is 5.91 Å². The van der Waals surface area contributed by atoms with E-state index in [1.807, 2.05) is 107 Å². The lowest BCUT2D eigenvalue weighted by atomic mass is 10.0. The molecule has 0 saturated heterocycles. The molecule has 184 valence electrons. The summed E-state index contributed by atoms with van der Waals surface area (Å²) in [5, 5.41) is 3.09. The number of ether oxygens (including phenoxy) is 1. The number of amides is 2. The molecule has 0 aliphatic heterocycles. The van der Waals surface area contributed by atoms with Crippen LogP contribution in [0.25, 0.3) is 0 Å². The van der Waals surface area contributed by atoms with Gasteiger partial charge in [0.1, 0.15) is 11.8 Å². The second-order valence-corrected chi connectivity index (χ2v) is 9.03. The molecule has 5 heteroatoms. The van der Waals surface area contributed by atoms with Crippen LogP contribution in [0.3, 0.4) is 0 Å². The van der Waals surface area contributed by atoms with E-state index in [4.69, 9.17) is 4.74 Å². The van der Waals surface area contributed by atoms with Gasteiger partial charge in [-0.1, -0.05) is 79.7 Å². The number of aryl methyl sites for hydroxylation is 2. The van der Waals surface area contributed by atoms with E-state index in [-0.39, 0.29) is 24.5 Å². The molecule has 0 heterocycles. The largest absolute Gasteiger partial charge is 0.484 e. The highest BCUT2D eigenvalue weighted by Gasteiger charge is 2.31. The Bertz CT molecular complexity index is 1110. The molecule has 3 aromatic rings. The zero-order valence-electron chi connectivity index (χ0n) is 21.2. The van der Waals surface area contributed by atoms with Crippen LogP contribution in [0.2, 0.25) is 0 Å². The van der Waals surface area contributed by atoms with E-state index in [9.17, 15) is 9.59 Å². The molecule has 0 spiro atoms. The third-order valence-corrected chi connectivity index (χ3v) is 6.32. The fourth-order valence-electron chi connectivity index (χ4n) is 3.91. The molecule has 5 nitrogen and oxygen atoms in total. The summed E-state index contributed by atoms with van der Waals surface area (Å²) in [7, 11) is 0. The minimum absolute atomic E-state index is 0.0133. The maximum atomic E-state index is 13.7. The molecular weight excluding hydrogens is 436 g/mol. The van der Waals surface area contributed by atoms with Crippen molar-refractivity contribution in [3.63, 3.8) is 0 Å². The topological polar surface area (TPSA) is 58.6 Å². The average molecular weight is 473 g/mol. The van der Waals surface area contributed by atoms with Gasteiger partial charge in [-0.25, -0.2) is 0 Å². The number of benzene rings is 3. The molecule has 3 rings (SSSR count). The van der Waals surface area contributed by atoms with Crippen molar-refractivity contribution in [1.82, 2.24) is 10.2 Å². The highest BCUT2D eigenvalue weighted by Crippen LogP contribution is 2.19. The summed E-state index contributed by atoms with van der Waals surface area (Å²) in [4.78, 5) is 28.8. The van der Waals surface area contributed by atoms with Gasteiger partial charge in [-0.15, -0.1) is 0 Å². The van der Waals surface area contributed by atoms with Gasteiger partial charge in [-0.05, 0) is 55.5 Å². The molecule has 0 aromatic heterocycles. The van der Waals surface area contributed by atoms with Crippen molar-refractivity contribution in [3.05, 3.63) is 101 Å².